The Labute approximate surface area is 149 Å². The van der Waals surface area contributed by atoms with Crippen molar-refractivity contribution in [1.82, 2.24) is 4.57 Å². The minimum absolute atomic E-state index is 0.172. The summed E-state index contributed by atoms with van der Waals surface area (Å²) in [5.74, 6) is -0.697. The summed E-state index contributed by atoms with van der Waals surface area (Å²) >= 11 is 1.38. The second-order valence-corrected chi connectivity index (χ2v) is 6.84. The number of para-hydroxylation sites is 1. The van der Waals surface area contributed by atoms with Gasteiger partial charge in [0.25, 0.3) is 11.5 Å². The first-order valence-corrected chi connectivity index (χ1v) is 9.02. The maximum absolute atomic E-state index is 13.2. The van der Waals surface area contributed by atoms with E-state index in [4.69, 9.17) is 0 Å². The number of hydrogen-bond donors (Lipinski definition) is 1. The van der Waals surface area contributed by atoms with E-state index in [1.165, 1.54) is 15.9 Å². The number of aromatic hydroxyl groups is 1. The van der Waals surface area contributed by atoms with Crippen LogP contribution >= 0.6 is 11.3 Å². The van der Waals surface area contributed by atoms with Gasteiger partial charge in [0.05, 0.1) is 5.39 Å². The number of carbonyl (C=O) groups excluding carboxylic acids is 1. The molecule has 2 heterocycles. The number of aromatic nitrogens is 1. The highest BCUT2D eigenvalue weighted by Gasteiger charge is 2.27. The molecule has 0 aliphatic heterocycles. The lowest BCUT2D eigenvalue weighted by Gasteiger charge is -2.23. The van der Waals surface area contributed by atoms with Gasteiger partial charge in [-0.3, -0.25) is 9.59 Å². The monoisotopic (exact) mass is 356 g/mol. The molecule has 0 saturated carbocycles. The predicted octanol–water partition coefficient (Wildman–Crippen LogP) is 3.67. The van der Waals surface area contributed by atoms with Gasteiger partial charge in [0, 0.05) is 19.3 Å². The topological polar surface area (TPSA) is 62.5 Å². The van der Waals surface area contributed by atoms with Gasteiger partial charge in [0.15, 0.2) is 0 Å². The molecule has 3 aromatic rings. The highest BCUT2D eigenvalue weighted by Crippen LogP contribution is 2.34. The van der Waals surface area contributed by atoms with Gasteiger partial charge in [-0.05, 0) is 36.4 Å². The van der Waals surface area contributed by atoms with E-state index in [-0.39, 0.29) is 11.3 Å². The van der Waals surface area contributed by atoms with Crippen LogP contribution in [0.4, 0.5) is 5.69 Å². The van der Waals surface area contributed by atoms with E-state index in [2.05, 4.69) is 0 Å². The molecule has 1 amide bonds. The van der Waals surface area contributed by atoms with Gasteiger partial charge in [0.2, 0.25) is 0 Å². The molecule has 0 saturated heterocycles. The van der Waals surface area contributed by atoms with E-state index in [1.54, 1.807) is 11.9 Å². The van der Waals surface area contributed by atoms with E-state index >= 15 is 0 Å². The summed E-state index contributed by atoms with van der Waals surface area (Å²) in [6.07, 6.45) is 0.738. The second-order valence-electron chi connectivity index (χ2n) is 5.98. The Hall–Kier alpha value is -2.60. The summed E-state index contributed by atoms with van der Waals surface area (Å²) < 4.78 is 1.44. The van der Waals surface area contributed by atoms with E-state index in [0.29, 0.717) is 22.4 Å². The van der Waals surface area contributed by atoms with Gasteiger partial charge in [0.1, 0.15) is 16.1 Å². The summed E-state index contributed by atoms with van der Waals surface area (Å²) in [5, 5.41) is 13.1. The quantitative estimate of drug-likeness (QED) is 0.776. The number of carbonyl (C=O) groups is 1. The molecule has 0 spiro atoms. The normalized spacial score (nSPS) is 11.0. The van der Waals surface area contributed by atoms with Crippen molar-refractivity contribution in [3.05, 3.63) is 57.2 Å². The summed E-state index contributed by atoms with van der Waals surface area (Å²) in [6, 6.07) is 9.20. The standard InChI is InChI=1S/C19H20N2O3S/c1-4-10-21(13-8-6-5-7-9-13)18(24)15-16(22)14-12(2)11-25-19(14)20(3)17(15)23/h5-9,11,22H,4,10H2,1-3H3. The van der Waals surface area contributed by atoms with Gasteiger partial charge in [-0.1, -0.05) is 25.1 Å². The van der Waals surface area contributed by atoms with Crippen molar-refractivity contribution in [3.63, 3.8) is 0 Å². The molecule has 5 nitrogen and oxygen atoms in total. The van der Waals surface area contributed by atoms with Crippen LogP contribution < -0.4 is 10.5 Å². The molecule has 0 atom stereocenters. The van der Waals surface area contributed by atoms with E-state index in [9.17, 15) is 14.7 Å². The zero-order valence-electron chi connectivity index (χ0n) is 14.4. The third kappa shape index (κ3) is 2.82. The Morgan fingerprint density at radius 3 is 2.60 bits per heavy atom. The van der Waals surface area contributed by atoms with E-state index < -0.39 is 11.5 Å². The van der Waals surface area contributed by atoms with Gasteiger partial charge in [-0.15, -0.1) is 11.3 Å². The Kier molecular flexibility index (Phi) is 4.63. The van der Waals surface area contributed by atoms with Crippen molar-refractivity contribution in [1.29, 1.82) is 0 Å². The molecule has 2 aromatic heterocycles. The van der Waals surface area contributed by atoms with Crippen molar-refractivity contribution >= 4 is 33.1 Å². The molecule has 6 heteroatoms. The van der Waals surface area contributed by atoms with Crippen LogP contribution in [0.3, 0.4) is 0 Å². The van der Waals surface area contributed by atoms with E-state index in [0.717, 1.165) is 12.0 Å². The molecule has 3 rings (SSSR count). The van der Waals surface area contributed by atoms with Crippen LogP contribution in [-0.2, 0) is 7.05 Å². The molecule has 0 bridgehead atoms. The zero-order chi connectivity index (χ0) is 18.1. The number of hydrogen-bond acceptors (Lipinski definition) is 4. The van der Waals surface area contributed by atoms with Crippen LogP contribution in [-0.4, -0.2) is 22.1 Å². The lowest BCUT2D eigenvalue weighted by atomic mass is 10.1. The number of anilines is 1. The van der Waals surface area contributed by atoms with Crippen molar-refractivity contribution in [2.24, 2.45) is 7.05 Å². The molecule has 0 aliphatic rings. The third-order valence-electron chi connectivity index (χ3n) is 4.23. The largest absolute Gasteiger partial charge is 0.506 e. The molecule has 0 aliphatic carbocycles. The minimum atomic E-state index is -0.478. The minimum Gasteiger partial charge on any atom is -0.506 e. The van der Waals surface area contributed by atoms with Crippen LogP contribution in [0.25, 0.3) is 10.2 Å². The SMILES string of the molecule is CCCN(C(=O)c1c(O)c2c(C)csc2n(C)c1=O)c1ccccc1. The van der Waals surface area contributed by atoms with E-state index in [1.807, 2.05) is 49.6 Å². The maximum Gasteiger partial charge on any atom is 0.268 e. The Bertz CT molecular complexity index is 989. The molecule has 0 fully saturated rings. The lowest BCUT2D eigenvalue weighted by Crippen LogP contribution is -2.37. The van der Waals surface area contributed by atoms with Gasteiger partial charge >= 0.3 is 0 Å². The summed E-state index contributed by atoms with van der Waals surface area (Å²) in [5.41, 5.74) is 0.907. The molecule has 25 heavy (non-hydrogen) atoms. The fourth-order valence-corrected chi connectivity index (χ4v) is 3.98. The summed E-state index contributed by atoms with van der Waals surface area (Å²) in [7, 11) is 1.63. The lowest BCUT2D eigenvalue weighted by molar-refractivity contribution is 0.0982. The fourth-order valence-electron chi connectivity index (χ4n) is 2.96. The highest BCUT2D eigenvalue weighted by molar-refractivity contribution is 7.17. The van der Waals surface area contributed by atoms with Gasteiger partial charge in [-0.2, -0.15) is 0 Å². The molecular weight excluding hydrogens is 336 g/mol. The van der Waals surface area contributed by atoms with Crippen molar-refractivity contribution in [3.8, 4) is 5.75 Å². The molecule has 0 radical (unpaired) electrons. The maximum atomic E-state index is 13.2. The molecule has 1 aromatic carbocycles. The van der Waals surface area contributed by atoms with Crippen LogP contribution in [0.1, 0.15) is 29.3 Å². The number of nitrogens with zero attached hydrogens (tertiary/aromatic N) is 2. The first kappa shape index (κ1) is 17.2. The Balaban J connectivity index is 2.22. The average Bonchev–Trinajstić information content (AvgIpc) is 3.00. The second kappa shape index (κ2) is 6.72. The fraction of sp³-hybridized carbons (Fsp3) is 0.263. The zero-order valence-corrected chi connectivity index (χ0v) is 15.3. The van der Waals surface area contributed by atoms with Crippen LogP contribution in [0.5, 0.6) is 5.75 Å². The number of benzene rings is 1. The smallest absolute Gasteiger partial charge is 0.268 e. The van der Waals surface area contributed by atoms with Gasteiger partial charge in [-0.25, -0.2) is 0 Å². The number of thiophene rings is 1. The van der Waals surface area contributed by atoms with Crippen LogP contribution in [0.15, 0.2) is 40.5 Å². The number of rotatable bonds is 4. The third-order valence-corrected chi connectivity index (χ3v) is 5.40. The number of aryl methyl sites for hydroxylation is 2. The summed E-state index contributed by atoms with van der Waals surface area (Å²) in [6.45, 7) is 4.29. The molecule has 1 N–H and O–H groups in total. The van der Waals surface area contributed by atoms with Crippen molar-refractivity contribution < 1.29 is 9.90 Å². The van der Waals surface area contributed by atoms with Crippen LogP contribution in [0, 0.1) is 6.92 Å². The number of amides is 1. The first-order chi connectivity index (χ1) is 12.0. The number of pyridine rings is 1. The van der Waals surface area contributed by atoms with Crippen LogP contribution in [0.2, 0.25) is 0 Å². The Morgan fingerprint density at radius 2 is 1.96 bits per heavy atom. The predicted molar refractivity (Wildman–Crippen MR) is 102 cm³/mol. The molecule has 130 valence electrons. The summed E-state index contributed by atoms with van der Waals surface area (Å²) in [4.78, 5) is 28.1. The van der Waals surface area contributed by atoms with Crippen molar-refractivity contribution in [2.75, 3.05) is 11.4 Å². The van der Waals surface area contributed by atoms with Crippen molar-refractivity contribution in [2.45, 2.75) is 20.3 Å². The molecular formula is C19H20N2O3S. The average molecular weight is 356 g/mol. The molecule has 0 unspecified atom stereocenters. The van der Waals surface area contributed by atoms with Gasteiger partial charge < -0.3 is 14.6 Å². The first-order valence-electron chi connectivity index (χ1n) is 8.14. The number of fused-ring (bicyclic) bond motifs is 1. The highest BCUT2D eigenvalue weighted by atomic mass is 32.1. The Morgan fingerprint density at radius 1 is 1.28 bits per heavy atom.